The maximum absolute atomic E-state index is 13.4. The van der Waals surface area contributed by atoms with Gasteiger partial charge in [-0.3, -0.25) is 4.79 Å². The molecule has 6 heteroatoms. The number of rotatable bonds is 4. The first kappa shape index (κ1) is 14.8. The van der Waals surface area contributed by atoms with E-state index in [4.69, 9.17) is 10.5 Å². The summed E-state index contributed by atoms with van der Waals surface area (Å²) in [6.45, 7) is 1.34. The average Bonchev–Trinajstić information content (AvgIpc) is 2.45. The molecule has 2 rings (SSSR count). The van der Waals surface area contributed by atoms with Crippen LogP contribution >= 0.6 is 0 Å². The number of aryl methyl sites for hydroxylation is 1. The monoisotopic (exact) mass is 292 g/mol. The summed E-state index contributed by atoms with van der Waals surface area (Å²) in [4.78, 5) is 11.8. The highest BCUT2D eigenvalue weighted by atomic mass is 19.2. The number of amides is 1. The molecule has 0 atom stereocenters. The first-order valence-corrected chi connectivity index (χ1v) is 6.21. The Morgan fingerprint density at radius 1 is 1.24 bits per heavy atom. The number of carbonyl (C=O) groups is 1. The fraction of sp³-hybridized carbons (Fsp3) is 0.133. The van der Waals surface area contributed by atoms with E-state index in [1.807, 2.05) is 0 Å². The summed E-state index contributed by atoms with van der Waals surface area (Å²) in [5, 5.41) is 2.58. The van der Waals surface area contributed by atoms with Crippen molar-refractivity contribution in [3.8, 4) is 5.75 Å². The Morgan fingerprint density at radius 2 is 1.95 bits per heavy atom. The molecule has 0 aliphatic heterocycles. The van der Waals surface area contributed by atoms with Crippen molar-refractivity contribution in [1.29, 1.82) is 0 Å². The number of carbonyl (C=O) groups excluding carboxylic acids is 1. The maximum Gasteiger partial charge on any atom is 0.262 e. The predicted molar refractivity (Wildman–Crippen MR) is 76.1 cm³/mol. The number of hydrogen-bond acceptors (Lipinski definition) is 3. The molecule has 0 saturated carbocycles. The molecule has 0 aromatic heterocycles. The lowest BCUT2D eigenvalue weighted by Crippen LogP contribution is -2.21. The Bertz CT molecular complexity index is 654. The van der Waals surface area contributed by atoms with Crippen LogP contribution in [-0.4, -0.2) is 12.5 Å². The van der Waals surface area contributed by atoms with E-state index in [0.29, 0.717) is 11.4 Å². The predicted octanol–water partition coefficient (Wildman–Crippen LogP) is 2.87. The van der Waals surface area contributed by atoms with Crippen LogP contribution in [0.4, 0.5) is 20.2 Å². The second-order valence-electron chi connectivity index (χ2n) is 4.43. The molecule has 2 aromatic rings. The van der Waals surface area contributed by atoms with Gasteiger partial charge in [0.05, 0.1) is 11.4 Å². The Balaban J connectivity index is 2.01. The zero-order valence-electron chi connectivity index (χ0n) is 11.3. The van der Waals surface area contributed by atoms with Gasteiger partial charge in [0.1, 0.15) is 0 Å². The van der Waals surface area contributed by atoms with Gasteiger partial charge >= 0.3 is 0 Å². The van der Waals surface area contributed by atoms with Crippen molar-refractivity contribution in [2.24, 2.45) is 0 Å². The van der Waals surface area contributed by atoms with E-state index in [-0.39, 0.29) is 5.75 Å². The van der Waals surface area contributed by atoms with E-state index in [0.717, 1.165) is 11.6 Å². The minimum atomic E-state index is -1.12. The molecule has 0 radical (unpaired) electrons. The molecule has 0 aliphatic carbocycles. The molecule has 0 saturated heterocycles. The number of nitrogens with one attached hydrogen (secondary N) is 1. The number of ether oxygens (including phenoxy) is 1. The number of nitrogen functional groups attached to an aromatic ring is 1. The number of para-hydroxylation sites is 1. The lowest BCUT2D eigenvalue weighted by Gasteiger charge is -2.12. The van der Waals surface area contributed by atoms with Crippen molar-refractivity contribution in [1.82, 2.24) is 0 Å². The maximum atomic E-state index is 13.4. The van der Waals surface area contributed by atoms with Crippen LogP contribution in [0, 0.1) is 18.6 Å². The van der Waals surface area contributed by atoms with E-state index in [1.165, 1.54) is 12.1 Å². The molecule has 0 fully saturated rings. The topological polar surface area (TPSA) is 64.3 Å². The second-order valence-corrected chi connectivity index (χ2v) is 4.43. The Labute approximate surface area is 120 Å². The van der Waals surface area contributed by atoms with Crippen molar-refractivity contribution >= 4 is 17.3 Å². The molecule has 0 unspecified atom stereocenters. The van der Waals surface area contributed by atoms with Gasteiger partial charge in [0, 0.05) is 0 Å². The first-order valence-electron chi connectivity index (χ1n) is 6.21. The van der Waals surface area contributed by atoms with Gasteiger partial charge in [0.15, 0.2) is 18.2 Å². The lowest BCUT2D eigenvalue weighted by molar-refractivity contribution is -0.118. The van der Waals surface area contributed by atoms with Crippen LogP contribution in [-0.2, 0) is 4.79 Å². The third-order valence-electron chi connectivity index (χ3n) is 2.84. The summed E-state index contributed by atoms with van der Waals surface area (Å²) in [5.41, 5.74) is 7.44. The minimum Gasteiger partial charge on any atom is -0.481 e. The minimum absolute atomic E-state index is 0.317. The quantitative estimate of drug-likeness (QED) is 0.852. The van der Waals surface area contributed by atoms with Gasteiger partial charge in [-0.05, 0) is 30.7 Å². The standard InChI is InChI=1S/C15H14F2N2O2/c1-9-4-2-6-11(18)15(9)19-13(20)8-21-12-7-3-5-10(16)14(12)17/h2-7H,8,18H2,1H3,(H,19,20). The first-order chi connectivity index (χ1) is 9.99. The number of hydrogen-bond donors (Lipinski definition) is 2. The van der Waals surface area contributed by atoms with Gasteiger partial charge in [-0.15, -0.1) is 0 Å². The Morgan fingerprint density at radius 3 is 2.67 bits per heavy atom. The zero-order chi connectivity index (χ0) is 15.4. The molecule has 0 heterocycles. The summed E-state index contributed by atoms with van der Waals surface area (Å²) in [5.74, 6) is -2.99. The smallest absolute Gasteiger partial charge is 0.262 e. The summed E-state index contributed by atoms with van der Waals surface area (Å²) in [6, 6.07) is 8.71. The van der Waals surface area contributed by atoms with E-state index >= 15 is 0 Å². The third kappa shape index (κ3) is 3.47. The summed E-state index contributed by atoms with van der Waals surface area (Å²) in [7, 11) is 0. The van der Waals surface area contributed by atoms with Gasteiger partial charge < -0.3 is 15.8 Å². The van der Waals surface area contributed by atoms with Crippen LogP contribution in [0.5, 0.6) is 5.75 Å². The second kappa shape index (κ2) is 6.21. The fourth-order valence-electron chi connectivity index (χ4n) is 1.78. The van der Waals surface area contributed by atoms with Crippen LogP contribution in [0.1, 0.15) is 5.56 Å². The molecule has 3 N–H and O–H groups in total. The zero-order valence-corrected chi connectivity index (χ0v) is 11.3. The molecule has 1 amide bonds. The van der Waals surface area contributed by atoms with Crippen LogP contribution < -0.4 is 15.8 Å². The molecular weight excluding hydrogens is 278 g/mol. The van der Waals surface area contributed by atoms with E-state index in [9.17, 15) is 13.6 Å². The van der Waals surface area contributed by atoms with Crippen LogP contribution in [0.25, 0.3) is 0 Å². The van der Waals surface area contributed by atoms with E-state index in [2.05, 4.69) is 5.32 Å². The highest BCUT2D eigenvalue weighted by Crippen LogP contribution is 2.23. The van der Waals surface area contributed by atoms with Crippen LogP contribution in [0.3, 0.4) is 0 Å². The average molecular weight is 292 g/mol. The molecular formula is C15H14F2N2O2. The van der Waals surface area contributed by atoms with Gasteiger partial charge in [-0.1, -0.05) is 18.2 Å². The number of nitrogens with two attached hydrogens (primary N) is 1. The highest BCUT2D eigenvalue weighted by Gasteiger charge is 2.12. The van der Waals surface area contributed by atoms with Gasteiger partial charge in [0.2, 0.25) is 5.82 Å². The van der Waals surface area contributed by atoms with E-state index < -0.39 is 24.1 Å². The normalized spacial score (nSPS) is 10.2. The number of halogens is 2. The van der Waals surface area contributed by atoms with Crippen molar-refractivity contribution in [3.63, 3.8) is 0 Å². The fourth-order valence-corrected chi connectivity index (χ4v) is 1.78. The molecule has 0 bridgehead atoms. The molecule has 110 valence electrons. The molecule has 2 aromatic carbocycles. The largest absolute Gasteiger partial charge is 0.481 e. The van der Waals surface area contributed by atoms with Crippen molar-refractivity contribution in [2.75, 3.05) is 17.7 Å². The molecule has 21 heavy (non-hydrogen) atoms. The summed E-state index contributed by atoms with van der Waals surface area (Å²) >= 11 is 0. The van der Waals surface area contributed by atoms with Gasteiger partial charge in [0.25, 0.3) is 5.91 Å². The lowest BCUT2D eigenvalue weighted by atomic mass is 10.1. The number of anilines is 2. The number of benzene rings is 2. The van der Waals surface area contributed by atoms with E-state index in [1.54, 1.807) is 25.1 Å². The Hall–Kier alpha value is -2.63. The Kier molecular flexibility index (Phi) is 4.37. The van der Waals surface area contributed by atoms with Crippen molar-refractivity contribution in [2.45, 2.75) is 6.92 Å². The molecule has 0 aliphatic rings. The van der Waals surface area contributed by atoms with Crippen molar-refractivity contribution in [3.05, 3.63) is 53.6 Å². The highest BCUT2D eigenvalue weighted by molar-refractivity contribution is 5.95. The van der Waals surface area contributed by atoms with Crippen LogP contribution in [0.15, 0.2) is 36.4 Å². The molecule has 0 spiro atoms. The molecule has 4 nitrogen and oxygen atoms in total. The van der Waals surface area contributed by atoms with Crippen LogP contribution in [0.2, 0.25) is 0 Å². The SMILES string of the molecule is Cc1cccc(N)c1NC(=O)COc1cccc(F)c1F. The van der Waals surface area contributed by atoms with Crippen molar-refractivity contribution < 1.29 is 18.3 Å². The summed E-state index contributed by atoms with van der Waals surface area (Å²) in [6.07, 6.45) is 0. The summed E-state index contributed by atoms with van der Waals surface area (Å²) < 4.78 is 31.3. The van der Waals surface area contributed by atoms with Gasteiger partial charge in [-0.2, -0.15) is 4.39 Å². The van der Waals surface area contributed by atoms with Gasteiger partial charge in [-0.25, -0.2) is 4.39 Å². The third-order valence-corrected chi connectivity index (χ3v) is 2.84.